The molecule has 2 rings (SSSR count). The van der Waals surface area contributed by atoms with Gasteiger partial charge in [0.15, 0.2) is 5.69 Å². The summed E-state index contributed by atoms with van der Waals surface area (Å²) in [6.45, 7) is 4.30. The van der Waals surface area contributed by atoms with Gasteiger partial charge in [0.2, 0.25) is 0 Å². The summed E-state index contributed by atoms with van der Waals surface area (Å²) < 4.78 is 0. The van der Waals surface area contributed by atoms with Gasteiger partial charge in [-0.05, 0) is 18.3 Å². The van der Waals surface area contributed by atoms with E-state index in [1.807, 2.05) is 0 Å². The van der Waals surface area contributed by atoms with Crippen molar-refractivity contribution in [3.05, 3.63) is 23.8 Å². The Bertz CT molecular complexity index is 511. The maximum atomic E-state index is 12.1. The predicted molar refractivity (Wildman–Crippen MR) is 72.5 cm³/mol. The molecule has 1 fully saturated rings. The molecule has 1 atom stereocenters. The van der Waals surface area contributed by atoms with Crippen molar-refractivity contribution in [2.45, 2.75) is 45.6 Å². The van der Waals surface area contributed by atoms with Gasteiger partial charge in [0.25, 0.3) is 5.91 Å². The molecule has 6 nitrogen and oxygen atoms in total. The Morgan fingerprint density at radius 1 is 1.25 bits per heavy atom. The van der Waals surface area contributed by atoms with E-state index < -0.39 is 5.97 Å². The van der Waals surface area contributed by atoms with Gasteiger partial charge in [-0.15, -0.1) is 0 Å². The van der Waals surface area contributed by atoms with E-state index in [0.29, 0.717) is 0 Å². The van der Waals surface area contributed by atoms with Crippen molar-refractivity contribution >= 4 is 11.9 Å². The second kappa shape index (κ2) is 5.56. The van der Waals surface area contributed by atoms with Crippen LogP contribution < -0.4 is 5.32 Å². The zero-order chi connectivity index (χ0) is 14.8. The van der Waals surface area contributed by atoms with Gasteiger partial charge in [0.1, 0.15) is 5.69 Å². The summed E-state index contributed by atoms with van der Waals surface area (Å²) in [6, 6.07) is 0.115. The number of carboxylic acids is 1. The fourth-order valence-electron chi connectivity index (χ4n) is 2.55. The number of aromatic nitrogens is 2. The fourth-order valence-corrected chi connectivity index (χ4v) is 2.55. The zero-order valence-corrected chi connectivity index (χ0v) is 11.7. The summed E-state index contributed by atoms with van der Waals surface area (Å²) in [4.78, 5) is 30.4. The lowest BCUT2D eigenvalue weighted by atomic mass is 9.73. The molecule has 0 radical (unpaired) electrons. The Balaban J connectivity index is 2.06. The van der Waals surface area contributed by atoms with Crippen LogP contribution in [0.4, 0.5) is 0 Å². The largest absolute Gasteiger partial charge is 0.476 e. The number of aromatic carboxylic acids is 1. The van der Waals surface area contributed by atoms with Gasteiger partial charge < -0.3 is 10.4 Å². The second-order valence-electron chi connectivity index (χ2n) is 5.85. The first-order valence-corrected chi connectivity index (χ1v) is 6.76. The lowest BCUT2D eigenvalue weighted by Gasteiger charge is -2.38. The highest BCUT2D eigenvalue weighted by Gasteiger charge is 2.33. The van der Waals surface area contributed by atoms with Crippen LogP contribution in [-0.2, 0) is 0 Å². The average Bonchev–Trinajstić information content (AvgIpc) is 2.41. The third-order valence-electron chi connectivity index (χ3n) is 3.92. The molecular weight excluding hydrogens is 258 g/mol. The van der Waals surface area contributed by atoms with Crippen molar-refractivity contribution in [2.75, 3.05) is 0 Å². The third kappa shape index (κ3) is 3.12. The van der Waals surface area contributed by atoms with E-state index in [-0.39, 0.29) is 28.8 Å². The average molecular weight is 277 g/mol. The van der Waals surface area contributed by atoms with E-state index in [1.165, 1.54) is 12.6 Å². The number of amides is 1. The van der Waals surface area contributed by atoms with Crippen LogP contribution in [0.25, 0.3) is 0 Å². The third-order valence-corrected chi connectivity index (χ3v) is 3.92. The summed E-state index contributed by atoms with van der Waals surface area (Å²) in [6.07, 6.45) is 6.64. The molecule has 0 spiro atoms. The standard InChI is InChI=1S/C14H19N3O3/c1-14(2)6-4-3-5-11(14)17-12(18)9-7-16-10(8-15-9)13(19)20/h7-8,11H,3-6H2,1-2H3,(H,17,18)(H,19,20). The molecule has 1 unspecified atom stereocenters. The highest BCUT2D eigenvalue weighted by molar-refractivity contribution is 5.93. The summed E-state index contributed by atoms with van der Waals surface area (Å²) in [5.41, 5.74) is 0.0541. The minimum Gasteiger partial charge on any atom is -0.476 e. The van der Waals surface area contributed by atoms with Crippen molar-refractivity contribution < 1.29 is 14.7 Å². The number of rotatable bonds is 3. The Hall–Kier alpha value is -1.98. The highest BCUT2D eigenvalue weighted by Crippen LogP contribution is 2.35. The van der Waals surface area contributed by atoms with Crippen LogP contribution in [0.1, 0.15) is 60.5 Å². The van der Waals surface area contributed by atoms with Crippen LogP contribution in [0.2, 0.25) is 0 Å². The Morgan fingerprint density at radius 2 is 1.90 bits per heavy atom. The molecule has 0 bridgehead atoms. The van der Waals surface area contributed by atoms with Crippen LogP contribution in [0.15, 0.2) is 12.4 Å². The molecule has 0 saturated heterocycles. The van der Waals surface area contributed by atoms with Gasteiger partial charge >= 0.3 is 5.97 Å². The summed E-state index contributed by atoms with van der Waals surface area (Å²) >= 11 is 0. The smallest absolute Gasteiger partial charge is 0.356 e. The van der Waals surface area contributed by atoms with Crippen molar-refractivity contribution in [3.63, 3.8) is 0 Å². The topological polar surface area (TPSA) is 92.2 Å². The van der Waals surface area contributed by atoms with E-state index >= 15 is 0 Å². The van der Waals surface area contributed by atoms with Crippen LogP contribution in [0, 0.1) is 5.41 Å². The molecule has 6 heteroatoms. The number of nitrogens with zero attached hydrogens (tertiary/aromatic N) is 2. The van der Waals surface area contributed by atoms with E-state index in [0.717, 1.165) is 25.5 Å². The lowest BCUT2D eigenvalue weighted by Crippen LogP contribution is -2.47. The first kappa shape index (κ1) is 14.4. The van der Waals surface area contributed by atoms with Gasteiger partial charge in [-0.25, -0.2) is 14.8 Å². The molecule has 1 heterocycles. The van der Waals surface area contributed by atoms with Gasteiger partial charge in [0, 0.05) is 6.04 Å². The Morgan fingerprint density at radius 3 is 2.45 bits per heavy atom. The monoisotopic (exact) mass is 277 g/mol. The minimum absolute atomic E-state index is 0.0718. The number of nitrogens with one attached hydrogen (secondary N) is 1. The van der Waals surface area contributed by atoms with Crippen molar-refractivity contribution in [2.24, 2.45) is 5.41 Å². The van der Waals surface area contributed by atoms with Gasteiger partial charge in [0.05, 0.1) is 12.4 Å². The molecule has 1 aromatic rings. The maximum Gasteiger partial charge on any atom is 0.356 e. The molecule has 1 aliphatic carbocycles. The van der Waals surface area contributed by atoms with Crippen LogP contribution >= 0.6 is 0 Å². The molecule has 1 amide bonds. The number of carbonyl (C=O) groups excluding carboxylic acids is 1. The zero-order valence-electron chi connectivity index (χ0n) is 11.7. The number of hydrogen-bond donors (Lipinski definition) is 2. The summed E-state index contributed by atoms with van der Waals surface area (Å²) in [7, 11) is 0. The Labute approximate surface area is 117 Å². The predicted octanol–water partition coefficient (Wildman–Crippen LogP) is 1.87. The fraction of sp³-hybridized carbons (Fsp3) is 0.571. The van der Waals surface area contributed by atoms with Crippen LogP contribution in [0.3, 0.4) is 0 Å². The van der Waals surface area contributed by atoms with Gasteiger partial charge in [-0.3, -0.25) is 4.79 Å². The minimum atomic E-state index is -1.15. The number of carbonyl (C=O) groups is 2. The number of carboxylic acid groups (broad SMARTS) is 1. The number of hydrogen-bond acceptors (Lipinski definition) is 4. The van der Waals surface area contributed by atoms with E-state index in [4.69, 9.17) is 5.11 Å². The van der Waals surface area contributed by atoms with Gasteiger partial charge in [-0.1, -0.05) is 26.7 Å². The molecule has 0 aliphatic heterocycles. The van der Waals surface area contributed by atoms with Crippen LogP contribution in [-0.4, -0.2) is 33.0 Å². The second-order valence-corrected chi connectivity index (χ2v) is 5.85. The molecule has 20 heavy (non-hydrogen) atoms. The first-order valence-electron chi connectivity index (χ1n) is 6.76. The SMILES string of the molecule is CC1(C)CCCCC1NC(=O)c1cnc(C(=O)O)cn1. The molecular formula is C14H19N3O3. The highest BCUT2D eigenvalue weighted by atomic mass is 16.4. The molecule has 0 aromatic carbocycles. The summed E-state index contributed by atoms with van der Waals surface area (Å²) in [5.74, 6) is -1.45. The van der Waals surface area contributed by atoms with E-state index in [1.54, 1.807) is 0 Å². The summed E-state index contributed by atoms with van der Waals surface area (Å²) in [5, 5.41) is 11.7. The molecule has 1 aliphatic rings. The van der Waals surface area contributed by atoms with Crippen molar-refractivity contribution in [1.82, 2.24) is 15.3 Å². The Kier molecular flexibility index (Phi) is 4.01. The van der Waals surface area contributed by atoms with E-state index in [9.17, 15) is 9.59 Å². The molecule has 108 valence electrons. The van der Waals surface area contributed by atoms with Gasteiger partial charge in [-0.2, -0.15) is 0 Å². The maximum absolute atomic E-state index is 12.1. The van der Waals surface area contributed by atoms with E-state index in [2.05, 4.69) is 29.1 Å². The normalized spacial score (nSPS) is 21.2. The lowest BCUT2D eigenvalue weighted by molar-refractivity contribution is 0.0688. The molecule has 1 saturated carbocycles. The molecule has 1 aromatic heterocycles. The quantitative estimate of drug-likeness (QED) is 0.880. The van der Waals surface area contributed by atoms with Crippen molar-refractivity contribution in [1.29, 1.82) is 0 Å². The van der Waals surface area contributed by atoms with Crippen molar-refractivity contribution in [3.8, 4) is 0 Å². The molecule has 2 N–H and O–H groups in total. The van der Waals surface area contributed by atoms with Crippen LogP contribution in [0.5, 0.6) is 0 Å². The first-order chi connectivity index (χ1) is 9.40.